The predicted octanol–water partition coefficient (Wildman–Crippen LogP) is 2.59. The normalized spacial score (nSPS) is 21.9. The number of thiophene rings is 1. The Bertz CT molecular complexity index is 291. The molecular formula is C13H20O2S. The molecule has 2 nitrogen and oxygen atoms in total. The zero-order valence-corrected chi connectivity index (χ0v) is 10.3. The Kier molecular flexibility index (Phi) is 4.38. The molecule has 1 fully saturated rings. The van der Waals surface area contributed by atoms with Crippen molar-refractivity contribution in [2.24, 2.45) is 5.92 Å². The summed E-state index contributed by atoms with van der Waals surface area (Å²) in [7, 11) is 0. The fourth-order valence-electron chi connectivity index (χ4n) is 2.56. The van der Waals surface area contributed by atoms with Crippen molar-refractivity contribution in [2.45, 2.75) is 50.7 Å². The molecule has 0 bridgehead atoms. The Balaban J connectivity index is 1.85. The van der Waals surface area contributed by atoms with E-state index in [0.717, 1.165) is 18.4 Å². The highest BCUT2D eigenvalue weighted by Crippen LogP contribution is 2.28. The Morgan fingerprint density at radius 1 is 1.25 bits per heavy atom. The molecule has 1 saturated carbocycles. The van der Waals surface area contributed by atoms with Crippen molar-refractivity contribution in [3.8, 4) is 0 Å². The largest absolute Gasteiger partial charge is 0.390 e. The fraction of sp³-hybridized carbons (Fsp3) is 0.692. The quantitative estimate of drug-likeness (QED) is 0.849. The van der Waals surface area contributed by atoms with E-state index in [0.29, 0.717) is 12.3 Å². The van der Waals surface area contributed by atoms with Crippen LogP contribution in [0.2, 0.25) is 0 Å². The van der Waals surface area contributed by atoms with Gasteiger partial charge >= 0.3 is 0 Å². The van der Waals surface area contributed by atoms with Gasteiger partial charge in [-0.25, -0.2) is 0 Å². The molecule has 1 aromatic heterocycles. The van der Waals surface area contributed by atoms with Gasteiger partial charge in [0.2, 0.25) is 0 Å². The minimum absolute atomic E-state index is 0.308. The summed E-state index contributed by atoms with van der Waals surface area (Å²) >= 11 is 1.64. The van der Waals surface area contributed by atoms with Crippen LogP contribution in [-0.2, 0) is 6.42 Å². The lowest BCUT2D eigenvalue weighted by atomic mass is 9.82. The summed E-state index contributed by atoms with van der Waals surface area (Å²) in [6, 6.07) is 2.02. The molecule has 1 aromatic rings. The zero-order valence-electron chi connectivity index (χ0n) is 9.51. The van der Waals surface area contributed by atoms with E-state index in [2.05, 4.69) is 0 Å². The molecule has 2 rings (SSSR count). The number of rotatable bonds is 4. The molecule has 0 spiro atoms. The summed E-state index contributed by atoms with van der Waals surface area (Å²) < 4.78 is 0. The van der Waals surface area contributed by atoms with E-state index < -0.39 is 12.2 Å². The smallest absolute Gasteiger partial charge is 0.0842 e. The van der Waals surface area contributed by atoms with E-state index >= 15 is 0 Å². The molecule has 2 atom stereocenters. The average molecular weight is 240 g/mol. The van der Waals surface area contributed by atoms with Crippen LogP contribution in [0.25, 0.3) is 0 Å². The number of hydrogen-bond acceptors (Lipinski definition) is 3. The van der Waals surface area contributed by atoms with Gasteiger partial charge in [-0.1, -0.05) is 19.3 Å². The third-order valence-corrected chi connectivity index (χ3v) is 4.28. The minimum Gasteiger partial charge on any atom is -0.390 e. The highest BCUT2D eigenvalue weighted by molar-refractivity contribution is 7.07. The zero-order chi connectivity index (χ0) is 11.4. The average Bonchev–Trinajstić information content (AvgIpc) is 2.82. The topological polar surface area (TPSA) is 40.5 Å². The van der Waals surface area contributed by atoms with Gasteiger partial charge in [-0.3, -0.25) is 0 Å². The van der Waals surface area contributed by atoms with E-state index in [1.807, 2.05) is 16.8 Å². The molecule has 0 aromatic carbocycles. The van der Waals surface area contributed by atoms with Crippen molar-refractivity contribution in [2.75, 3.05) is 0 Å². The molecular weight excluding hydrogens is 220 g/mol. The third kappa shape index (κ3) is 3.06. The van der Waals surface area contributed by atoms with E-state index in [-0.39, 0.29) is 0 Å². The highest BCUT2D eigenvalue weighted by Gasteiger charge is 2.27. The van der Waals surface area contributed by atoms with Crippen LogP contribution in [0, 0.1) is 5.92 Å². The first-order valence-corrected chi connectivity index (χ1v) is 7.09. The van der Waals surface area contributed by atoms with E-state index in [9.17, 15) is 10.2 Å². The van der Waals surface area contributed by atoms with Gasteiger partial charge in [0.1, 0.15) is 0 Å². The molecule has 1 aliphatic rings. The van der Waals surface area contributed by atoms with Crippen LogP contribution in [-0.4, -0.2) is 22.4 Å². The van der Waals surface area contributed by atoms with Crippen molar-refractivity contribution in [1.82, 2.24) is 0 Å². The van der Waals surface area contributed by atoms with Gasteiger partial charge in [-0.15, -0.1) is 0 Å². The van der Waals surface area contributed by atoms with Gasteiger partial charge in [0.15, 0.2) is 0 Å². The van der Waals surface area contributed by atoms with E-state index in [4.69, 9.17) is 0 Å². The maximum absolute atomic E-state index is 10.1. The van der Waals surface area contributed by atoms with Crippen LogP contribution in [0.4, 0.5) is 0 Å². The lowest BCUT2D eigenvalue weighted by Crippen LogP contribution is -2.35. The first-order chi connectivity index (χ1) is 7.77. The maximum Gasteiger partial charge on any atom is 0.0842 e. The van der Waals surface area contributed by atoms with Gasteiger partial charge < -0.3 is 10.2 Å². The van der Waals surface area contributed by atoms with Crippen LogP contribution in [0.3, 0.4) is 0 Å². The second-order valence-corrected chi connectivity index (χ2v) is 5.57. The second kappa shape index (κ2) is 5.80. The predicted molar refractivity (Wildman–Crippen MR) is 66.6 cm³/mol. The lowest BCUT2D eigenvalue weighted by Gasteiger charge is -2.29. The molecule has 0 amide bonds. The maximum atomic E-state index is 10.1. The fourth-order valence-corrected chi connectivity index (χ4v) is 3.24. The summed E-state index contributed by atoms with van der Waals surface area (Å²) in [6.45, 7) is 0. The number of aliphatic hydroxyl groups excluding tert-OH is 2. The summed E-state index contributed by atoms with van der Waals surface area (Å²) in [4.78, 5) is 0. The van der Waals surface area contributed by atoms with Crippen molar-refractivity contribution >= 4 is 11.3 Å². The van der Waals surface area contributed by atoms with Crippen LogP contribution in [0.15, 0.2) is 16.8 Å². The molecule has 0 aliphatic heterocycles. The van der Waals surface area contributed by atoms with Crippen LogP contribution in [0.1, 0.15) is 37.7 Å². The molecule has 1 aliphatic carbocycles. The van der Waals surface area contributed by atoms with Crippen molar-refractivity contribution in [3.05, 3.63) is 22.4 Å². The van der Waals surface area contributed by atoms with E-state index in [1.54, 1.807) is 11.3 Å². The Morgan fingerprint density at radius 2 is 2.00 bits per heavy atom. The molecule has 1 heterocycles. The van der Waals surface area contributed by atoms with Gasteiger partial charge in [0.25, 0.3) is 0 Å². The summed E-state index contributed by atoms with van der Waals surface area (Å²) in [5.41, 5.74) is 1.13. The molecule has 0 radical (unpaired) electrons. The molecule has 2 unspecified atom stereocenters. The highest BCUT2D eigenvalue weighted by atomic mass is 32.1. The first-order valence-electron chi connectivity index (χ1n) is 6.14. The standard InChI is InChI=1S/C13H20O2S/c14-12(8-10-6-7-16-9-10)13(15)11-4-2-1-3-5-11/h6-7,9,11-15H,1-5,8H2. The first kappa shape index (κ1) is 12.1. The second-order valence-electron chi connectivity index (χ2n) is 4.79. The SMILES string of the molecule is OC(Cc1ccsc1)C(O)C1CCCCC1. The molecule has 90 valence electrons. The van der Waals surface area contributed by atoms with Crippen molar-refractivity contribution in [1.29, 1.82) is 0 Å². The Hall–Kier alpha value is -0.380. The van der Waals surface area contributed by atoms with Gasteiger partial charge in [0.05, 0.1) is 12.2 Å². The Labute approximate surface area is 101 Å². The van der Waals surface area contributed by atoms with Crippen LogP contribution in [0.5, 0.6) is 0 Å². The monoisotopic (exact) mass is 240 g/mol. The van der Waals surface area contributed by atoms with Gasteiger partial charge in [0, 0.05) is 6.42 Å². The number of aliphatic hydroxyl groups is 2. The third-order valence-electron chi connectivity index (χ3n) is 3.55. The number of hydrogen-bond donors (Lipinski definition) is 2. The molecule has 16 heavy (non-hydrogen) atoms. The van der Waals surface area contributed by atoms with Crippen molar-refractivity contribution < 1.29 is 10.2 Å². The van der Waals surface area contributed by atoms with Crippen molar-refractivity contribution in [3.63, 3.8) is 0 Å². The molecule has 0 saturated heterocycles. The summed E-state index contributed by atoms with van der Waals surface area (Å²) in [5.74, 6) is 0.308. The summed E-state index contributed by atoms with van der Waals surface area (Å²) in [5, 5.41) is 24.1. The minimum atomic E-state index is -0.599. The van der Waals surface area contributed by atoms with Crippen LogP contribution >= 0.6 is 11.3 Å². The lowest BCUT2D eigenvalue weighted by molar-refractivity contribution is -0.0263. The van der Waals surface area contributed by atoms with Crippen LogP contribution < -0.4 is 0 Å². The Morgan fingerprint density at radius 3 is 2.62 bits per heavy atom. The van der Waals surface area contributed by atoms with Gasteiger partial charge in [-0.2, -0.15) is 11.3 Å². The van der Waals surface area contributed by atoms with Gasteiger partial charge in [-0.05, 0) is 41.1 Å². The summed E-state index contributed by atoms with van der Waals surface area (Å²) in [6.07, 6.45) is 5.27. The van der Waals surface area contributed by atoms with E-state index in [1.165, 1.54) is 19.3 Å². The molecule has 2 N–H and O–H groups in total. The molecule has 3 heteroatoms.